The van der Waals surface area contributed by atoms with Crippen molar-refractivity contribution in [2.75, 3.05) is 12.4 Å². The first-order valence-corrected chi connectivity index (χ1v) is 4.80. The summed E-state index contributed by atoms with van der Waals surface area (Å²) in [5, 5.41) is 3.36. The molecule has 0 unspecified atom stereocenters. The van der Waals surface area contributed by atoms with E-state index in [1.165, 1.54) is 0 Å². The summed E-state index contributed by atoms with van der Waals surface area (Å²) < 4.78 is 5.04. The van der Waals surface area contributed by atoms with E-state index in [-0.39, 0.29) is 0 Å². The van der Waals surface area contributed by atoms with Crippen molar-refractivity contribution in [2.24, 2.45) is 0 Å². The lowest BCUT2D eigenvalue weighted by Crippen LogP contribution is -2.15. The first-order chi connectivity index (χ1) is 6.88. The van der Waals surface area contributed by atoms with Crippen LogP contribution in [0.5, 0.6) is 5.75 Å². The van der Waals surface area contributed by atoms with Crippen molar-refractivity contribution in [1.29, 1.82) is 0 Å². The Morgan fingerprint density at radius 3 is 2.71 bits per heavy atom. The molecule has 2 rings (SSSR count). The molecule has 0 bridgehead atoms. The number of methoxy groups -OCH3 is 1. The number of pyridine rings is 1. The van der Waals surface area contributed by atoms with E-state index in [0.29, 0.717) is 6.04 Å². The van der Waals surface area contributed by atoms with E-state index in [9.17, 15) is 0 Å². The molecular weight excluding hydrogens is 176 g/mol. The van der Waals surface area contributed by atoms with Crippen molar-refractivity contribution in [2.45, 2.75) is 18.9 Å². The molecule has 0 radical (unpaired) electrons. The number of rotatable bonds is 3. The average Bonchev–Trinajstić information content (AvgIpc) is 2.72. The van der Waals surface area contributed by atoms with Crippen molar-refractivity contribution < 1.29 is 4.74 Å². The summed E-state index contributed by atoms with van der Waals surface area (Å²) in [6.07, 6.45) is 8.30. The molecule has 0 saturated heterocycles. The Labute approximate surface area is 83.8 Å². The molecule has 74 valence electrons. The minimum atomic E-state index is 0.510. The average molecular weight is 190 g/mol. The summed E-state index contributed by atoms with van der Waals surface area (Å²) in [6.45, 7) is 0. The van der Waals surface area contributed by atoms with Gasteiger partial charge in [-0.3, -0.25) is 0 Å². The Bertz CT molecular complexity index is 311. The Kier molecular flexibility index (Phi) is 2.68. The van der Waals surface area contributed by atoms with Gasteiger partial charge >= 0.3 is 0 Å². The van der Waals surface area contributed by atoms with Crippen molar-refractivity contribution in [3.63, 3.8) is 0 Å². The van der Waals surface area contributed by atoms with Crippen LogP contribution in [-0.2, 0) is 0 Å². The zero-order valence-electron chi connectivity index (χ0n) is 8.23. The van der Waals surface area contributed by atoms with Crippen LogP contribution in [0, 0.1) is 0 Å². The second-order valence-electron chi connectivity index (χ2n) is 3.37. The van der Waals surface area contributed by atoms with Crippen LogP contribution in [0.1, 0.15) is 12.8 Å². The molecule has 0 fully saturated rings. The highest BCUT2D eigenvalue weighted by atomic mass is 16.5. The lowest BCUT2D eigenvalue weighted by Gasteiger charge is -2.12. The first kappa shape index (κ1) is 9.06. The van der Waals surface area contributed by atoms with Crippen LogP contribution < -0.4 is 10.1 Å². The molecule has 14 heavy (non-hydrogen) atoms. The largest absolute Gasteiger partial charge is 0.495 e. The smallest absolute Gasteiger partial charge is 0.137 e. The van der Waals surface area contributed by atoms with E-state index in [2.05, 4.69) is 22.5 Å². The molecule has 0 aliphatic heterocycles. The maximum absolute atomic E-state index is 5.04. The van der Waals surface area contributed by atoms with Crippen molar-refractivity contribution in [1.82, 2.24) is 4.98 Å². The van der Waals surface area contributed by atoms with Gasteiger partial charge < -0.3 is 10.1 Å². The number of aromatic nitrogens is 1. The van der Waals surface area contributed by atoms with Gasteiger partial charge in [0, 0.05) is 6.04 Å². The van der Waals surface area contributed by atoms with E-state index >= 15 is 0 Å². The highest BCUT2D eigenvalue weighted by molar-refractivity contribution is 5.39. The maximum atomic E-state index is 5.04. The summed E-state index contributed by atoms with van der Waals surface area (Å²) in [5.74, 6) is 1.71. The summed E-state index contributed by atoms with van der Waals surface area (Å²) in [5.41, 5.74) is 0. The molecule has 0 amide bonds. The zero-order valence-corrected chi connectivity index (χ0v) is 8.23. The number of anilines is 1. The monoisotopic (exact) mass is 190 g/mol. The normalized spacial score (nSPS) is 15.8. The fourth-order valence-electron chi connectivity index (χ4n) is 1.53. The molecule has 1 aromatic rings. The van der Waals surface area contributed by atoms with Gasteiger partial charge in [0.2, 0.25) is 0 Å². The molecule has 0 spiro atoms. The molecule has 1 heterocycles. The van der Waals surface area contributed by atoms with Gasteiger partial charge in [-0.1, -0.05) is 12.2 Å². The lowest BCUT2D eigenvalue weighted by molar-refractivity contribution is 0.413. The topological polar surface area (TPSA) is 34.1 Å². The van der Waals surface area contributed by atoms with Crippen LogP contribution in [-0.4, -0.2) is 18.1 Å². The van der Waals surface area contributed by atoms with Gasteiger partial charge in [-0.2, -0.15) is 0 Å². The first-order valence-electron chi connectivity index (χ1n) is 4.80. The Morgan fingerprint density at radius 2 is 2.14 bits per heavy atom. The van der Waals surface area contributed by atoms with Gasteiger partial charge in [-0.05, 0) is 25.0 Å². The predicted molar refractivity (Wildman–Crippen MR) is 56.6 cm³/mol. The van der Waals surface area contributed by atoms with Crippen LogP contribution in [0.3, 0.4) is 0 Å². The molecule has 0 saturated carbocycles. The Hall–Kier alpha value is -1.51. The molecule has 0 aromatic carbocycles. The van der Waals surface area contributed by atoms with Gasteiger partial charge in [0.25, 0.3) is 0 Å². The van der Waals surface area contributed by atoms with E-state index in [1.54, 1.807) is 13.3 Å². The number of nitrogens with zero attached hydrogens (tertiary/aromatic N) is 1. The summed E-state index contributed by atoms with van der Waals surface area (Å²) >= 11 is 0. The summed E-state index contributed by atoms with van der Waals surface area (Å²) in [7, 11) is 1.64. The lowest BCUT2D eigenvalue weighted by atomic mass is 10.2. The minimum Gasteiger partial charge on any atom is -0.495 e. The SMILES string of the molecule is COc1ccc(NC2CC=CC2)nc1. The highest BCUT2D eigenvalue weighted by Crippen LogP contribution is 2.17. The fourth-order valence-corrected chi connectivity index (χ4v) is 1.53. The second kappa shape index (κ2) is 4.13. The van der Waals surface area contributed by atoms with E-state index in [4.69, 9.17) is 4.74 Å². The molecule has 3 heteroatoms. The van der Waals surface area contributed by atoms with Crippen LogP contribution in [0.15, 0.2) is 30.5 Å². The number of hydrogen-bond donors (Lipinski definition) is 1. The minimum absolute atomic E-state index is 0.510. The van der Waals surface area contributed by atoms with Crippen molar-refractivity contribution in [3.05, 3.63) is 30.5 Å². The van der Waals surface area contributed by atoms with Crippen LogP contribution in [0.2, 0.25) is 0 Å². The van der Waals surface area contributed by atoms with Gasteiger partial charge in [0.1, 0.15) is 11.6 Å². The quantitative estimate of drug-likeness (QED) is 0.742. The molecular formula is C11H14N2O. The van der Waals surface area contributed by atoms with E-state index in [0.717, 1.165) is 24.4 Å². The number of nitrogens with one attached hydrogen (secondary N) is 1. The van der Waals surface area contributed by atoms with Crippen LogP contribution in [0.4, 0.5) is 5.82 Å². The fraction of sp³-hybridized carbons (Fsp3) is 0.364. The summed E-state index contributed by atoms with van der Waals surface area (Å²) in [4.78, 5) is 4.25. The molecule has 1 aliphatic carbocycles. The molecule has 1 N–H and O–H groups in total. The number of hydrogen-bond acceptors (Lipinski definition) is 3. The van der Waals surface area contributed by atoms with Crippen molar-refractivity contribution in [3.8, 4) is 5.75 Å². The van der Waals surface area contributed by atoms with E-state index in [1.807, 2.05) is 12.1 Å². The van der Waals surface area contributed by atoms with E-state index < -0.39 is 0 Å². The summed E-state index contributed by atoms with van der Waals surface area (Å²) in [6, 6.07) is 4.37. The molecule has 1 aromatic heterocycles. The Balaban J connectivity index is 1.96. The van der Waals surface area contributed by atoms with Crippen LogP contribution >= 0.6 is 0 Å². The third kappa shape index (κ3) is 2.05. The Morgan fingerprint density at radius 1 is 1.36 bits per heavy atom. The molecule has 0 atom stereocenters. The number of ether oxygens (including phenoxy) is 1. The maximum Gasteiger partial charge on any atom is 0.137 e. The molecule has 1 aliphatic rings. The third-order valence-corrected chi connectivity index (χ3v) is 2.33. The standard InChI is InChI=1S/C11H14N2O/c1-14-10-6-7-11(12-8-10)13-9-4-2-3-5-9/h2-3,6-9H,4-5H2,1H3,(H,12,13). The highest BCUT2D eigenvalue weighted by Gasteiger charge is 2.09. The van der Waals surface area contributed by atoms with Gasteiger partial charge in [0.15, 0.2) is 0 Å². The van der Waals surface area contributed by atoms with Crippen LogP contribution in [0.25, 0.3) is 0 Å². The second-order valence-corrected chi connectivity index (χ2v) is 3.37. The van der Waals surface area contributed by atoms with Gasteiger partial charge in [0.05, 0.1) is 13.3 Å². The zero-order chi connectivity index (χ0) is 9.80. The van der Waals surface area contributed by atoms with Crippen molar-refractivity contribution >= 4 is 5.82 Å². The van der Waals surface area contributed by atoms with Gasteiger partial charge in [-0.15, -0.1) is 0 Å². The van der Waals surface area contributed by atoms with Gasteiger partial charge in [-0.25, -0.2) is 4.98 Å². The molecule has 3 nitrogen and oxygen atoms in total. The third-order valence-electron chi connectivity index (χ3n) is 2.33. The predicted octanol–water partition coefficient (Wildman–Crippen LogP) is 2.22.